The Morgan fingerprint density at radius 1 is 1.14 bits per heavy atom. The number of rotatable bonds is 9. The van der Waals surface area contributed by atoms with Crippen LogP contribution in [0.5, 0.6) is 11.5 Å². The van der Waals surface area contributed by atoms with Crippen LogP contribution < -0.4 is 25.4 Å². The fourth-order valence-electron chi connectivity index (χ4n) is 2.47. The molecular formula is C20H24F2N4O3. The number of hydrogen-bond donors (Lipinski definition) is 3. The summed E-state index contributed by atoms with van der Waals surface area (Å²) in [7, 11) is 1.61. The molecule has 2 aromatic carbocycles. The van der Waals surface area contributed by atoms with Crippen molar-refractivity contribution in [3.05, 3.63) is 54.1 Å². The van der Waals surface area contributed by atoms with Crippen molar-refractivity contribution >= 4 is 17.6 Å². The van der Waals surface area contributed by atoms with Crippen LogP contribution in [0.1, 0.15) is 12.5 Å². The number of benzene rings is 2. The number of carbonyl (C=O) groups is 1. The summed E-state index contributed by atoms with van der Waals surface area (Å²) in [6.07, 6.45) is 0. The predicted molar refractivity (Wildman–Crippen MR) is 108 cm³/mol. The maximum Gasteiger partial charge on any atom is 0.387 e. The quantitative estimate of drug-likeness (QED) is 0.339. The van der Waals surface area contributed by atoms with Crippen molar-refractivity contribution in [1.82, 2.24) is 10.6 Å². The van der Waals surface area contributed by atoms with Crippen LogP contribution in [0.25, 0.3) is 0 Å². The number of nitrogens with zero attached hydrogens (tertiary/aromatic N) is 1. The summed E-state index contributed by atoms with van der Waals surface area (Å²) < 4.78 is 35.1. The molecule has 0 radical (unpaired) electrons. The monoisotopic (exact) mass is 406 g/mol. The maximum atomic E-state index is 12.5. The van der Waals surface area contributed by atoms with Gasteiger partial charge in [-0.1, -0.05) is 24.3 Å². The molecule has 0 bridgehead atoms. The summed E-state index contributed by atoms with van der Waals surface area (Å²) in [5, 5.41) is 8.80. The van der Waals surface area contributed by atoms with Crippen LogP contribution in [0.15, 0.2) is 53.5 Å². The normalized spacial score (nSPS) is 11.1. The zero-order valence-corrected chi connectivity index (χ0v) is 16.2. The lowest BCUT2D eigenvalue weighted by molar-refractivity contribution is -0.114. The lowest BCUT2D eigenvalue weighted by atomic mass is 10.2. The van der Waals surface area contributed by atoms with Crippen LogP contribution in [-0.4, -0.2) is 38.7 Å². The smallest absolute Gasteiger partial charge is 0.387 e. The first-order chi connectivity index (χ1) is 14.0. The highest BCUT2D eigenvalue weighted by Gasteiger charge is 2.09. The molecular weight excluding hydrogens is 382 g/mol. The highest BCUT2D eigenvalue weighted by molar-refractivity contribution is 5.88. The molecule has 3 N–H and O–H groups in total. The van der Waals surface area contributed by atoms with Gasteiger partial charge in [0.15, 0.2) is 5.96 Å². The van der Waals surface area contributed by atoms with Crippen LogP contribution in [0.4, 0.5) is 14.5 Å². The van der Waals surface area contributed by atoms with Crippen molar-refractivity contribution in [2.45, 2.75) is 20.1 Å². The number of ether oxygens (including phenoxy) is 2. The number of nitrogens with one attached hydrogen (secondary N) is 3. The molecule has 0 fully saturated rings. The number of alkyl halides is 2. The number of para-hydroxylation sites is 1. The third-order valence-electron chi connectivity index (χ3n) is 3.68. The minimum atomic E-state index is -2.88. The summed E-state index contributed by atoms with van der Waals surface area (Å²) in [6.45, 7) is -0.361. The largest absolute Gasteiger partial charge is 0.492 e. The molecule has 29 heavy (non-hydrogen) atoms. The molecule has 0 aliphatic carbocycles. The van der Waals surface area contributed by atoms with E-state index in [0.29, 0.717) is 36.1 Å². The standard InChI is InChI=1S/C20H24F2N4O3/c1-14(27)26-16-7-5-8-17(12-16)28-11-10-24-20(23-2)25-13-15-6-3-4-9-18(15)29-19(21)22/h3-9,12,19H,10-11,13H2,1-2H3,(H,26,27)(H2,23,24,25). The first-order valence-electron chi connectivity index (χ1n) is 8.95. The van der Waals surface area contributed by atoms with E-state index in [0.717, 1.165) is 0 Å². The lowest BCUT2D eigenvalue weighted by Crippen LogP contribution is -2.39. The van der Waals surface area contributed by atoms with Crippen molar-refractivity contribution in [3.8, 4) is 11.5 Å². The molecule has 7 nitrogen and oxygen atoms in total. The number of anilines is 1. The summed E-state index contributed by atoms with van der Waals surface area (Å²) >= 11 is 0. The molecule has 0 spiro atoms. The number of carbonyl (C=O) groups excluding carboxylic acids is 1. The number of guanidine groups is 1. The second kappa shape index (κ2) is 11.5. The molecule has 0 unspecified atom stereocenters. The van der Waals surface area contributed by atoms with Crippen molar-refractivity contribution in [3.63, 3.8) is 0 Å². The Balaban J connectivity index is 1.78. The molecule has 156 valence electrons. The fraction of sp³-hybridized carbons (Fsp3) is 0.300. The van der Waals surface area contributed by atoms with Crippen LogP contribution in [-0.2, 0) is 11.3 Å². The Labute approximate surface area is 168 Å². The Kier molecular flexibility index (Phi) is 8.68. The van der Waals surface area contributed by atoms with Crippen molar-refractivity contribution in [1.29, 1.82) is 0 Å². The fourth-order valence-corrected chi connectivity index (χ4v) is 2.47. The SMILES string of the molecule is CN=C(NCCOc1cccc(NC(C)=O)c1)NCc1ccccc1OC(F)F. The van der Waals surface area contributed by atoms with E-state index in [-0.39, 0.29) is 18.2 Å². The van der Waals surface area contributed by atoms with Gasteiger partial charge in [0.25, 0.3) is 0 Å². The Morgan fingerprint density at radius 2 is 1.93 bits per heavy atom. The number of hydrogen-bond acceptors (Lipinski definition) is 4. The van der Waals surface area contributed by atoms with Crippen LogP contribution in [0.3, 0.4) is 0 Å². The number of aliphatic imine (C=N–C) groups is 1. The van der Waals surface area contributed by atoms with Crippen molar-refractivity contribution < 1.29 is 23.0 Å². The molecule has 0 saturated heterocycles. The average molecular weight is 406 g/mol. The van der Waals surface area contributed by atoms with Gasteiger partial charge in [-0.2, -0.15) is 8.78 Å². The van der Waals surface area contributed by atoms with E-state index in [2.05, 4.69) is 25.7 Å². The summed E-state index contributed by atoms with van der Waals surface area (Å²) in [4.78, 5) is 15.2. The van der Waals surface area contributed by atoms with Gasteiger partial charge < -0.3 is 25.4 Å². The first-order valence-corrected chi connectivity index (χ1v) is 8.95. The molecule has 0 aliphatic rings. The summed E-state index contributed by atoms with van der Waals surface area (Å²) in [6, 6.07) is 13.6. The predicted octanol–water partition coefficient (Wildman–Crippen LogP) is 2.99. The van der Waals surface area contributed by atoms with E-state index >= 15 is 0 Å². The summed E-state index contributed by atoms with van der Waals surface area (Å²) in [5.41, 5.74) is 1.24. The first kappa shape index (κ1) is 21.9. The number of amides is 1. The van der Waals surface area contributed by atoms with Gasteiger partial charge in [0.05, 0.1) is 6.54 Å². The van der Waals surface area contributed by atoms with E-state index < -0.39 is 6.61 Å². The highest BCUT2D eigenvalue weighted by Crippen LogP contribution is 2.20. The molecule has 9 heteroatoms. The zero-order chi connectivity index (χ0) is 21.1. The van der Waals surface area contributed by atoms with E-state index in [4.69, 9.17) is 4.74 Å². The third-order valence-corrected chi connectivity index (χ3v) is 3.68. The molecule has 0 heterocycles. The molecule has 0 aliphatic heterocycles. The Morgan fingerprint density at radius 3 is 2.66 bits per heavy atom. The number of halogens is 2. The van der Waals surface area contributed by atoms with Gasteiger partial charge in [0.1, 0.15) is 18.1 Å². The van der Waals surface area contributed by atoms with Crippen LogP contribution in [0.2, 0.25) is 0 Å². The van der Waals surface area contributed by atoms with E-state index in [1.54, 1.807) is 49.5 Å². The maximum absolute atomic E-state index is 12.5. The van der Waals surface area contributed by atoms with Gasteiger partial charge in [-0.25, -0.2) is 0 Å². The van der Waals surface area contributed by atoms with Gasteiger partial charge in [0.2, 0.25) is 5.91 Å². The van der Waals surface area contributed by atoms with E-state index in [1.165, 1.54) is 13.0 Å². The highest BCUT2D eigenvalue weighted by atomic mass is 19.3. The van der Waals surface area contributed by atoms with Gasteiger partial charge in [-0.3, -0.25) is 9.79 Å². The second-order valence-corrected chi connectivity index (χ2v) is 5.90. The molecule has 1 amide bonds. The molecule has 0 saturated carbocycles. The molecule has 0 aromatic heterocycles. The molecule has 2 rings (SSSR count). The van der Waals surface area contributed by atoms with Crippen molar-refractivity contribution in [2.24, 2.45) is 4.99 Å². The topological polar surface area (TPSA) is 84.0 Å². The Hall–Kier alpha value is -3.36. The minimum absolute atomic E-state index is 0.118. The third kappa shape index (κ3) is 8.04. The average Bonchev–Trinajstić information content (AvgIpc) is 2.68. The lowest BCUT2D eigenvalue weighted by Gasteiger charge is -2.15. The summed E-state index contributed by atoms with van der Waals surface area (Å²) in [5.74, 6) is 1.08. The van der Waals surface area contributed by atoms with E-state index in [9.17, 15) is 13.6 Å². The van der Waals surface area contributed by atoms with Crippen molar-refractivity contribution in [2.75, 3.05) is 25.5 Å². The van der Waals surface area contributed by atoms with Crippen LogP contribution in [0, 0.1) is 0 Å². The molecule has 2 aromatic rings. The second-order valence-electron chi connectivity index (χ2n) is 5.90. The van der Waals surface area contributed by atoms with Gasteiger partial charge in [-0.15, -0.1) is 0 Å². The van der Waals surface area contributed by atoms with Crippen LogP contribution >= 0.6 is 0 Å². The van der Waals surface area contributed by atoms with E-state index in [1.807, 2.05) is 0 Å². The zero-order valence-electron chi connectivity index (χ0n) is 16.2. The molecule has 0 atom stereocenters. The van der Waals surface area contributed by atoms with Gasteiger partial charge in [0, 0.05) is 37.8 Å². The van der Waals surface area contributed by atoms with Gasteiger partial charge >= 0.3 is 6.61 Å². The Bertz CT molecular complexity index is 831. The van der Waals surface area contributed by atoms with Gasteiger partial charge in [-0.05, 0) is 18.2 Å². The minimum Gasteiger partial charge on any atom is -0.492 e.